The Balaban J connectivity index is 2.30. The average Bonchev–Trinajstić information content (AvgIpc) is 2.89. The molecule has 0 aromatic carbocycles. The molecule has 0 aliphatic carbocycles. The molecule has 0 saturated heterocycles. The summed E-state index contributed by atoms with van der Waals surface area (Å²) in [4.78, 5) is 10.7. The maximum atomic E-state index is 10.7. The maximum Gasteiger partial charge on any atom is 0.358 e. The van der Waals surface area contributed by atoms with Crippen LogP contribution in [0.3, 0.4) is 0 Å². The molecule has 96 valence electrons. The fourth-order valence-corrected chi connectivity index (χ4v) is 1.84. The zero-order valence-corrected chi connectivity index (χ0v) is 10.7. The van der Waals surface area contributed by atoms with Crippen LogP contribution in [-0.4, -0.2) is 35.9 Å². The predicted molar refractivity (Wildman–Crippen MR) is 63.7 cm³/mol. The summed E-state index contributed by atoms with van der Waals surface area (Å²) in [6.45, 7) is 4.80. The smallest absolute Gasteiger partial charge is 0.358 e. The lowest BCUT2D eigenvalue weighted by molar-refractivity contribution is 0.0690. The van der Waals surface area contributed by atoms with E-state index in [1.165, 1.54) is 10.9 Å². The van der Waals surface area contributed by atoms with Gasteiger partial charge in [-0.15, -0.1) is 5.10 Å². The van der Waals surface area contributed by atoms with Gasteiger partial charge in [0, 0.05) is 6.54 Å². The second-order valence-corrected chi connectivity index (χ2v) is 4.15. The minimum absolute atomic E-state index is 0.0922. The number of carboxylic acid groups (broad SMARTS) is 1. The SMILES string of the molecule is CCn1nc(C)c(Cl)c1Cn1cc(C(=O)O)nn1. The number of hydrogen-bond acceptors (Lipinski definition) is 4. The van der Waals surface area contributed by atoms with Gasteiger partial charge >= 0.3 is 5.97 Å². The van der Waals surface area contributed by atoms with Crippen molar-refractivity contribution in [3.63, 3.8) is 0 Å². The Morgan fingerprint density at radius 2 is 2.28 bits per heavy atom. The number of aromatic nitrogens is 5. The fourth-order valence-electron chi connectivity index (χ4n) is 1.65. The number of hydrogen-bond donors (Lipinski definition) is 1. The molecule has 0 saturated carbocycles. The van der Waals surface area contributed by atoms with Gasteiger partial charge in [-0.25, -0.2) is 9.48 Å². The highest BCUT2D eigenvalue weighted by atomic mass is 35.5. The van der Waals surface area contributed by atoms with Crippen LogP contribution in [-0.2, 0) is 13.1 Å². The van der Waals surface area contributed by atoms with Crippen LogP contribution in [0, 0.1) is 6.92 Å². The van der Waals surface area contributed by atoms with Crippen LogP contribution in [0.2, 0.25) is 5.02 Å². The molecule has 2 aromatic rings. The van der Waals surface area contributed by atoms with E-state index in [9.17, 15) is 4.79 Å². The van der Waals surface area contributed by atoms with Crippen molar-refractivity contribution in [2.75, 3.05) is 0 Å². The van der Waals surface area contributed by atoms with Gasteiger partial charge in [0.2, 0.25) is 0 Å². The van der Waals surface area contributed by atoms with Crippen molar-refractivity contribution < 1.29 is 9.90 Å². The van der Waals surface area contributed by atoms with E-state index in [0.29, 0.717) is 18.1 Å². The molecule has 8 heteroatoms. The summed E-state index contributed by atoms with van der Waals surface area (Å²) in [5.41, 5.74) is 1.44. The van der Waals surface area contributed by atoms with Gasteiger partial charge < -0.3 is 5.11 Å². The van der Waals surface area contributed by atoms with Crippen LogP contribution in [0.15, 0.2) is 6.20 Å². The van der Waals surface area contributed by atoms with Crippen molar-refractivity contribution in [1.29, 1.82) is 0 Å². The highest BCUT2D eigenvalue weighted by Gasteiger charge is 2.15. The number of aryl methyl sites for hydroxylation is 2. The third-order valence-electron chi connectivity index (χ3n) is 2.52. The minimum Gasteiger partial charge on any atom is -0.476 e. The number of carbonyl (C=O) groups is 1. The van der Waals surface area contributed by atoms with E-state index in [1.807, 2.05) is 13.8 Å². The van der Waals surface area contributed by atoms with Crippen LogP contribution in [0.25, 0.3) is 0 Å². The van der Waals surface area contributed by atoms with Crippen molar-refractivity contribution in [3.05, 3.63) is 28.3 Å². The molecule has 0 fully saturated rings. The summed E-state index contributed by atoms with van der Waals surface area (Å²) in [5, 5.41) is 20.9. The molecule has 0 aliphatic rings. The van der Waals surface area contributed by atoms with Gasteiger partial charge in [0.05, 0.1) is 29.2 Å². The number of nitrogens with zero attached hydrogens (tertiary/aromatic N) is 5. The van der Waals surface area contributed by atoms with Crippen molar-refractivity contribution >= 4 is 17.6 Å². The largest absolute Gasteiger partial charge is 0.476 e. The molecule has 1 N–H and O–H groups in total. The van der Waals surface area contributed by atoms with Gasteiger partial charge in [0.1, 0.15) is 0 Å². The van der Waals surface area contributed by atoms with Crippen LogP contribution in [0.4, 0.5) is 0 Å². The number of aromatic carboxylic acids is 1. The average molecular weight is 270 g/mol. The van der Waals surface area contributed by atoms with Gasteiger partial charge in [-0.3, -0.25) is 4.68 Å². The summed E-state index contributed by atoms with van der Waals surface area (Å²) in [5.74, 6) is -1.10. The molecule has 0 radical (unpaired) electrons. The highest BCUT2D eigenvalue weighted by molar-refractivity contribution is 6.31. The van der Waals surface area contributed by atoms with E-state index in [0.717, 1.165) is 11.4 Å². The Bertz CT molecular complexity index is 589. The van der Waals surface area contributed by atoms with Gasteiger partial charge in [-0.1, -0.05) is 16.8 Å². The Kier molecular flexibility index (Phi) is 3.33. The normalized spacial score (nSPS) is 10.8. The molecule has 2 heterocycles. The van der Waals surface area contributed by atoms with E-state index in [-0.39, 0.29) is 5.69 Å². The summed E-state index contributed by atoms with van der Waals surface area (Å²) < 4.78 is 3.19. The summed E-state index contributed by atoms with van der Waals surface area (Å²) in [6, 6.07) is 0. The maximum absolute atomic E-state index is 10.7. The quantitative estimate of drug-likeness (QED) is 0.901. The molecule has 0 atom stereocenters. The first-order valence-corrected chi connectivity index (χ1v) is 5.76. The lowest BCUT2D eigenvalue weighted by Crippen LogP contribution is -2.09. The van der Waals surface area contributed by atoms with Crippen LogP contribution in [0.5, 0.6) is 0 Å². The van der Waals surface area contributed by atoms with E-state index in [4.69, 9.17) is 16.7 Å². The Morgan fingerprint density at radius 1 is 1.56 bits per heavy atom. The highest BCUT2D eigenvalue weighted by Crippen LogP contribution is 2.20. The molecule has 7 nitrogen and oxygen atoms in total. The monoisotopic (exact) mass is 269 g/mol. The van der Waals surface area contributed by atoms with E-state index in [2.05, 4.69) is 15.4 Å². The minimum atomic E-state index is -1.10. The number of rotatable bonds is 4. The lowest BCUT2D eigenvalue weighted by atomic mass is 10.3. The second-order valence-electron chi connectivity index (χ2n) is 3.77. The second kappa shape index (κ2) is 4.77. The summed E-state index contributed by atoms with van der Waals surface area (Å²) >= 11 is 6.15. The van der Waals surface area contributed by atoms with Crippen molar-refractivity contribution in [1.82, 2.24) is 24.8 Å². The van der Waals surface area contributed by atoms with Crippen LogP contribution in [0.1, 0.15) is 28.8 Å². The zero-order chi connectivity index (χ0) is 13.3. The Labute approximate surface area is 108 Å². The first-order chi connectivity index (χ1) is 8.52. The molecule has 0 unspecified atom stereocenters. The standard InChI is InChI=1S/C10H12ClN5O2/c1-3-16-8(9(11)6(2)13-16)5-15-4-7(10(17)18)12-14-15/h4H,3,5H2,1-2H3,(H,17,18). The summed E-state index contributed by atoms with van der Waals surface area (Å²) in [6.07, 6.45) is 1.36. The number of halogens is 1. The molecule has 0 aliphatic heterocycles. The molecule has 0 amide bonds. The van der Waals surface area contributed by atoms with Crippen molar-refractivity contribution in [2.45, 2.75) is 26.9 Å². The molecular formula is C10H12ClN5O2. The molecule has 2 rings (SSSR count). The van der Waals surface area contributed by atoms with Gasteiger partial charge in [0.15, 0.2) is 5.69 Å². The third-order valence-corrected chi connectivity index (χ3v) is 3.01. The Morgan fingerprint density at radius 3 is 2.83 bits per heavy atom. The van der Waals surface area contributed by atoms with Crippen LogP contribution >= 0.6 is 11.6 Å². The molecule has 18 heavy (non-hydrogen) atoms. The predicted octanol–water partition coefficient (Wildman–Crippen LogP) is 1.20. The Hall–Kier alpha value is -1.89. The zero-order valence-electron chi connectivity index (χ0n) is 9.96. The van der Waals surface area contributed by atoms with Gasteiger partial charge in [0.25, 0.3) is 0 Å². The van der Waals surface area contributed by atoms with E-state index >= 15 is 0 Å². The first kappa shape index (κ1) is 12.6. The van der Waals surface area contributed by atoms with E-state index in [1.54, 1.807) is 4.68 Å². The van der Waals surface area contributed by atoms with E-state index < -0.39 is 5.97 Å². The van der Waals surface area contributed by atoms with Crippen molar-refractivity contribution in [2.24, 2.45) is 0 Å². The molecular weight excluding hydrogens is 258 g/mol. The molecule has 0 spiro atoms. The lowest BCUT2D eigenvalue weighted by Gasteiger charge is -2.04. The first-order valence-electron chi connectivity index (χ1n) is 5.38. The van der Waals surface area contributed by atoms with Crippen molar-refractivity contribution in [3.8, 4) is 0 Å². The molecule has 2 aromatic heterocycles. The third kappa shape index (κ3) is 2.21. The van der Waals surface area contributed by atoms with Gasteiger partial charge in [-0.2, -0.15) is 5.10 Å². The van der Waals surface area contributed by atoms with Gasteiger partial charge in [-0.05, 0) is 13.8 Å². The number of carboxylic acids is 1. The van der Waals surface area contributed by atoms with Crippen LogP contribution < -0.4 is 0 Å². The molecule has 0 bridgehead atoms. The topological polar surface area (TPSA) is 85.8 Å². The summed E-state index contributed by atoms with van der Waals surface area (Å²) in [7, 11) is 0. The fraction of sp³-hybridized carbons (Fsp3) is 0.400.